The third-order valence-electron chi connectivity index (χ3n) is 2.31. The van der Waals surface area contributed by atoms with Crippen molar-refractivity contribution in [1.82, 2.24) is 5.32 Å². The van der Waals surface area contributed by atoms with E-state index in [0.29, 0.717) is 6.42 Å². The molecule has 1 atom stereocenters. The fourth-order valence-corrected chi connectivity index (χ4v) is 2.03. The Morgan fingerprint density at radius 1 is 1.47 bits per heavy atom. The number of benzene rings is 1. The van der Waals surface area contributed by atoms with Crippen LogP contribution in [0.1, 0.15) is 26.3 Å². The Labute approximate surface area is 122 Å². The van der Waals surface area contributed by atoms with Crippen molar-refractivity contribution in [2.45, 2.75) is 38.8 Å². The van der Waals surface area contributed by atoms with Gasteiger partial charge >= 0.3 is 6.09 Å². The van der Waals surface area contributed by atoms with Gasteiger partial charge in [0.25, 0.3) is 0 Å². The van der Waals surface area contributed by atoms with Gasteiger partial charge in [-0.1, -0.05) is 28.1 Å². The average molecular weight is 330 g/mol. The molecule has 0 radical (unpaired) electrons. The molecule has 0 heterocycles. The van der Waals surface area contributed by atoms with Gasteiger partial charge in [0, 0.05) is 4.47 Å². The lowest BCUT2D eigenvalue weighted by Crippen LogP contribution is -2.42. The van der Waals surface area contributed by atoms with E-state index in [4.69, 9.17) is 4.74 Å². The summed E-state index contributed by atoms with van der Waals surface area (Å²) in [5.41, 5.74) is 0.490. The molecule has 1 aromatic carbocycles. The van der Waals surface area contributed by atoms with Crippen LogP contribution in [0.15, 0.2) is 28.7 Å². The minimum Gasteiger partial charge on any atom is -0.444 e. The molecule has 4 nitrogen and oxygen atoms in total. The van der Waals surface area contributed by atoms with Gasteiger partial charge in [-0.3, -0.25) is 0 Å². The first kappa shape index (κ1) is 16.0. The third kappa shape index (κ3) is 6.59. The number of rotatable bonds is 4. The van der Waals surface area contributed by atoms with E-state index in [1.165, 1.54) is 0 Å². The van der Waals surface area contributed by atoms with Crippen molar-refractivity contribution in [2.24, 2.45) is 0 Å². The summed E-state index contributed by atoms with van der Waals surface area (Å²) in [6, 6.07) is 7.40. The number of nitrogens with one attached hydrogen (secondary N) is 1. The number of carbonyl (C=O) groups is 1. The zero-order valence-electron chi connectivity index (χ0n) is 11.4. The number of hydrogen-bond donors (Lipinski definition) is 2. The predicted octanol–water partition coefficient (Wildman–Crippen LogP) is 2.88. The van der Waals surface area contributed by atoms with Gasteiger partial charge in [-0.05, 0) is 44.9 Å². The van der Waals surface area contributed by atoms with E-state index in [9.17, 15) is 9.90 Å². The highest BCUT2D eigenvalue weighted by Gasteiger charge is 2.19. The molecule has 0 aliphatic carbocycles. The molecule has 0 fully saturated rings. The maximum absolute atomic E-state index is 11.6. The molecule has 1 aromatic rings. The van der Waals surface area contributed by atoms with Crippen LogP contribution in [-0.2, 0) is 11.2 Å². The maximum Gasteiger partial charge on any atom is 0.407 e. The highest BCUT2D eigenvalue weighted by atomic mass is 79.9. The van der Waals surface area contributed by atoms with Gasteiger partial charge in [0.1, 0.15) is 5.60 Å². The van der Waals surface area contributed by atoms with E-state index in [1.54, 1.807) is 20.8 Å². The fraction of sp³-hybridized carbons (Fsp3) is 0.500. The van der Waals surface area contributed by atoms with E-state index in [-0.39, 0.29) is 12.6 Å². The lowest BCUT2D eigenvalue weighted by molar-refractivity contribution is 0.0483. The summed E-state index contributed by atoms with van der Waals surface area (Å²) in [5.74, 6) is 0. The Hall–Kier alpha value is -1.07. The Morgan fingerprint density at radius 3 is 2.68 bits per heavy atom. The second-order valence-corrected chi connectivity index (χ2v) is 6.28. The van der Waals surface area contributed by atoms with E-state index in [0.717, 1.165) is 10.0 Å². The highest BCUT2D eigenvalue weighted by Crippen LogP contribution is 2.13. The van der Waals surface area contributed by atoms with Crippen molar-refractivity contribution in [3.05, 3.63) is 34.3 Å². The number of ether oxygens (including phenoxy) is 1. The van der Waals surface area contributed by atoms with Crippen molar-refractivity contribution in [3.63, 3.8) is 0 Å². The Morgan fingerprint density at radius 2 is 2.16 bits per heavy atom. The van der Waals surface area contributed by atoms with Crippen molar-refractivity contribution < 1.29 is 14.6 Å². The summed E-state index contributed by atoms with van der Waals surface area (Å²) in [4.78, 5) is 11.6. The number of halogens is 1. The molecule has 0 aliphatic rings. The lowest BCUT2D eigenvalue weighted by Gasteiger charge is -2.22. The number of carbonyl (C=O) groups excluding carboxylic acids is 1. The first-order chi connectivity index (χ1) is 8.80. The van der Waals surface area contributed by atoms with Crippen molar-refractivity contribution in [1.29, 1.82) is 0 Å². The zero-order valence-corrected chi connectivity index (χ0v) is 13.0. The third-order valence-corrected chi connectivity index (χ3v) is 2.81. The van der Waals surface area contributed by atoms with E-state index in [2.05, 4.69) is 21.2 Å². The number of aliphatic hydroxyl groups is 1. The Bertz CT molecular complexity index is 429. The van der Waals surface area contributed by atoms with Gasteiger partial charge in [0.15, 0.2) is 0 Å². The molecule has 5 heteroatoms. The number of hydrogen-bond acceptors (Lipinski definition) is 3. The molecule has 0 saturated heterocycles. The van der Waals surface area contributed by atoms with Crippen LogP contribution in [0.2, 0.25) is 0 Å². The predicted molar refractivity (Wildman–Crippen MR) is 78.1 cm³/mol. The van der Waals surface area contributed by atoms with Crippen LogP contribution in [0.5, 0.6) is 0 Å². The molecule has 0 aromatic heterocycles. The van der Waals surface area contributed by atoms with Gasteiger partial charge in [-0.2, -0.15) is 0 Å². The second kappa shape index (κ2) is 6.91. The van der Waals surface area contributed by atoms with Crippen molar-refractivity contribution in [3.8, 4) is 0 Å². The summed E-state index contributed by atoms with van der Waals surface area (Å²) in [6.45, 7) is 5.27. The van der Waals surface area contributed by atoms with Crippen LogP contribution in [0.3, 0.4) is 0 Å². The van der Waals surface area contributed by atoms with Gasteiger partial charge in [-0.25, -0.2) is 4.79 Å². The minimum absolute atomic E-state index is 0.133. The summed E-state index contributed by atoms with van der Waals surface area (Å²) < 4.78 is 6.13. The molecule has 19 heavy (non-hydrogen) atoms. The maximum atomic E-state index is 11.6. The number of amides is 1. The van der Waals surface area contributed by atoms with Gasteiger partial charge in [-0.15, -0.1) is 0 Å². The Kier molecular flexibility index (Phi) is 5.82. The lowest BCUT2D eigenvalue weighted by atomic mass is 10.1. The highest BCUT2D eigenvalue weighted by molar-refractivity contribution is 9.10. The first-order valence-corrected chi connectivity index (χ1v) is 6.94. The number of alkyl carbamates (subject to hydrolysis) is 1. The van der Waals surface area contributed by atoms with Crippen molar-refractivity contribution >= 4 is 22.0 Å². The fourth-order valence-electron chi connectivity index (χ4n) is 1.58. The molecule has 0 bridgehead atoms. The minimum atomic E-state index is -0.542. The smallest absolute Gasteiger partial charge is 0.407 e. The topological polar surface area (TPSA) is 58.6 Å². The summed E-state index contributed by atoms with van der Waals surface area (Å²) in [5, 5.41) is 12.0. The van der Waals surface area contributed by atoms with E-state index >= 15 is 0 Å². The zero-order chi connectivity index (χ0) is 14.5. The SMILES string of the molecule is CC(C)(C)OC(=O)NC(CO)Cc1cccc(Br)c1. The number of aliphatic hydroxyl groups excluding tert-OH is 1. The summed E-state index contributed by atoms with van der Waals surface area (Å²) in [7, 11) is 0. The quantitative estimate of drug-likeness (QED) is 0.892. The largest absolute Gasteiger partial charge is 0.444 e. The molecule has 1 amide bonds. The Balaban J connectivity index is 2.57. The van der Waals surface area contributed by atoms with Crippen molar-refractivity contribution in [2.75, 3.05) is 6.61 Å². The summed E-state index contributed by atoms with van der Waals surface area (Å²) >= 11 is 3.39. The molecule has 2 N–H and O–H groups in total. The molecule has 1 rings (SSSR count). The van der Waals surface area contributed by atoms with E-state index < -0.39 is 11.7 Å². The van der Waals surface area contributed by atoms with E-state index in [1.807, 2.05) is 24.3 Å². The second-order valence-electron chi connectivity index (χ2n) is 5.36. The first-order valence-electron chi connectivity index (χ1n) is 6.15. The van der Waals surface area contributed by atoms with Crippen LogP contribution in [-0.4, -0.2) is 29.4 Å². The van der Waals surface area contributed by atoms with Crippen LogP contribution in [0.25, 0.3) is 0 Å². The molecule has 0 saturated carbocycles. The van der Waals surface area contributed by atoms with Gasteiger partial charge < -0.3 is 15.2 Å². The van der Waals surface area contributed by atoms with Gasteiger partial charge in [0.05, 0.1) is 12.6 Å². The molecular weight excluding hydrogens is 310 g/mol. The van der Waals surface area contributed by atoms with Crippen LogP contribution in [0.4, 0.5) is 4.79 Å². The van der Waals surface area contributed by atoms with Crippen LogP contribution < -0.4 is 5.32 Å². The molecule has 106 valence electrons. The molecule has 0 aliphatic heterocycles. The van der Waals surface area contributed by atoms with Gasteiger partial charge in [0.2, 0.25) is 0 Å². The molecular formula is C14H20BrNO3. The molecule has 1 unspecified atom stereocenters. The monoisotopic (exact) mass is 329 g/mol. The van der Waals surface area contributed by atoms with Crippen LogP contribution >= 0.6 is 15.9 Å². The normalized spacial score (nSPS) is 12.9. The standard InChI is InChI=1S/C14H20BrNO3/c1-14(2,3)19-13(18)16-12(9-17)8-10-5-4-6-11(15)7-10/h4-7,12,17H,8-9H2,1-3H3,(H,16,18). The summed E-state index contributed by atoms with van der Waals surface area (Å²) in [6.07, 6.45) is 0.0383. The van der Waals surface area contributed by atoms with Crippen LogP contribution in [0, 0.1) is 0 Å². The molecule has 0 spiro atoms. The average Bonchev–Trinajstić information content (AvgIpc) is 2.25.